The maximum absolute atomic E-state index is 13.1. The molecule has 0 aliphatic heterocycles. The number of rotatable bonds is 5. The third-order valence-electron chi connectivity index (χ3n) is 9.16. The van der Waals surface area contributed by atoms with E-state index in [2.05, 4.69) is 38.7 Å². The van der Waals surface area contributed by atoms with Crippen LogP contribution in [0.4, 0.5) is 0 Å². The predicted octanol–water partition coefficient (Wildman–Crippen LogP) is 7.34. The Morgan fingerprint density at radius 2 is 1.76 bits per heavy atom. The zero-order chi connectivity index (χ0) is 25.5. The van der Waals surface area contributed by atoms with Gasteiger partial charge in [0.1, 0.15) is 0 Å². The molecule has 3 aliphatic rings. The van der Waals surface area contributed by atoms with Gasteiger partial charge in [-0.1, -0.05) is 55.9 Å². The van der Waals surface area contributed by atoms with Gasteiger partial charge in [0, 0.05) is 0 Å². The second-order valence-electron chi connectivity index (χ2n) is 13.0. The lowest BCUT2D eigenvalue weighted by atomic mass is 9.61. The fraction of sp³-hybridized carbons (Fsp3) is 0.733. The lowest BCUT2D eigenvalue weighted by Gasteiger charge is -2.44. The third-order valence-corrected chi connectivity index (χ3v) is 12.3. The second kappa shape index (κ2) is 9.73. The third kappa shape index (κ3) is 5.19. The summed E-state index contributed by atoms with van der Waals surface area (Å²) < 4.78 is 24.6. The van der Waals surface area contributed by atoms with E-state index in [1.165, 1.54) is 36.8 Å². The van der Waals surface area contributed by atoms with E-state index >= 15 is 0 Å². The van der Waals surface area contributed by atoms with Crippen LogP contribution in [0.5, 0.6) is 0 Å². The maximum Gasteiger partial charge on any atom is 0.163 e. The lowest BCUT2D eigenvalue weighted by molar-refractivity contribution is 0.112. The van der Waals surface area contributed by atoms with Crippen molar-refractivity contribution in [3.8, 4) is 0 Å². The highest BCUT2D eigenvalue weighted by atomic mass is 32.2. The van der Waals surface area contributed by atoms with Crippen molar-refractivity contribution in [2.75, 3.05) is 0 Å². The maximum atomic E-state index is 13.1. The van der Waals surface area contributed by atoms with Crippen LogP contribution >= 0.6 is 0 Å². The molecule has 4 heteroatoms. The van der Waals surface area contributed by atoms with Gasteiger partial charge in [-0.3, -0.25) is 0 Å². The molecule has 3 fully saturated rings. The average Bonchev–Trinajstić information content (AvgIpc) is 3.09. The first-order valence-corrected chi connectivity index (χ1v) is 14.8. The van der Waals surface area contributed by atoms with Gasteiger partial charge in [-0.2, -0.15) is 0 Å². The standard InChI is InChI=1S/C30H48O3S/c1-21-11-14-25(31)20-24(21)13-12-23-10-9-18-30(8)26(15-16-27(23)30)22(2)17-19-29(6,7)34(32,33)28(3,4)5/h12-13,17,19,22,25-27,31H,1,9-11,14-16,18,20H2,2-8H3. The summed E-state index contributed by atoms with van der Waals surface area (Å²) in [5.41, 5.74) is 4.20. The predicted molar refractivity (Wildman–Crippen MR) is 144 cm³/mol. The van der Waals surface area contributed by atoms with Crippen molar-refractivity contribution >= 4 is 9.84 Å². The van der Waals surface area contributed by atoms with Crippen molar-refractivity contribution < 1.29 is 13.5 Å². The Kier molecular flexibility index (Phi) is 7.86. The number of sulfone groups is 1. The van der Waals surface area contributed by atoms with E-state index in [1.807, 2.05) is 19.9 Å². The lowest BCUT2D eigenvalue weighted by Crippen LogP contribution is -2.42. The molecular weight excluding hydrogens is 440 g/mol. The van der Waals surface area contributed by atoms with Crippen LogP contribution in [0.3, 0.4) is 0 Å². The van der Waals surface area contributed by atoms with Crippen molar-refractivity contribution in [2.45, 2.75) is 115 Å². The van der Waals surface area contributed by atoms with E-state index in [9.17, 15) is 13.5 Å². The zero-order valence-electron chi connectivity index (χ0n) is 22.7. The van der Waals surface area contributed by atoms with Crippen LogP contribution < -0.4 is 0 Å². The molecule has 5 atom stereocenters. The van der Waals surface area contributed by atoms with Crippen molar-refractivity contribution in [3.63, 3.8) is 0 Å². The highest BCUT2D eigenvalue weighted by molar-refractivity contribution is 7.94. The topological polar surface area (TPSA) is 54.4 Å². The van der Waals surface area contributed by atoms with Crippen LogP contribution in [0.15, 0.2) is 47.6 Å². The smallest absolute Gasteiger partial charge is 0.163 e. The Morgan fingerprint density at radius 3 is 2.41 bits per heavy atom. The molecule has 1 N–H and O–H groups in total. The van der Waals surface area contributed by atoms with Gasteiger partial charge in [0.2, 0.25) is 0 Å². The Morgan fingerprint density at radius 1 is 1.09 bits per heavy atom. The largest absolute Gasteiger partial charge is 0.393 e. The van der Waals surface area contributed by atoms with Gasteiger partial charge in [-0.25, -0.2) is 8.42 Å². The molecule has 0 saturated heterocycles. The molecule has 0 aromatic rings. The minimum Gasteiger partial charge on any atom is -0.393 e. The normalized spacial score (nSPS) is 34.7. The van der Waals surface area contributed by atoms with Gasteiger partial charge >= 0.3 is 0 Å². The van der Waals surface area contributed by atoms with Crippen LogP contribution in [0, 0.1) is 23.2 Å². The number of fused-ring (bicyclic) bond motifs is 1. The van der Waals surface area contributed by atoms with E-state index < -0.39 is 19.3 Å². The van der Waals surface area contributed by atoms with Gasteiger partial charge in [0.05, 0.1) is 15.6 Å². The van der Waals surface area contributed by atoms with Gasteiger partial charge in [0.25, 0.3) is 0 Å². The van der Waals surface area contributed by atoms with E-state index in [1.54, 1.807) is 26.3 Å². The van der Waals surface area contributed by atoms with Crippen molar-refractivity contribution in [1.29, 1.82) is 0 Å². The first-order valence-electron chi connectivity index (χ1n) is 13.3. The van der Waals surface area contributed by atoms with Crippen molar-refractivity contribution in [2.24, 2.45) is 23.2 Å². The molecule has 0 amide bonds. The van der Waals surface area contributed by atoms with Crippen molar-refractivity contribution in [3.05, 3.63) is 47.6 Å². The number of allylic oxidation sites excluding steroid dienone is 5. The average molecular weight is 489 g/mol. The molecule has 3 saturated carbocycles. The summed E-state index contributed by atoms with van der Waals surface area (Å²) in [6, 6.07) is 0. The number of aliphatic hydroxyl groups is 1. The molecule has 0 spiro atoms. The first-order chi connectivity index (χ1) is 15.6. The SMILES string of the molecule is C=C1CCC(O)CC1=CC=C1CCCC2(C)C1CCC2C(C)C=CC(C)(C)S(=O)(=O)C(C)(C)C. The molecule has 5 unspecified atom stereocenters. The summed E-state index contributed by atoms with van der Waals surface area (Å²) in [4.78, 5) is 0. The molecule has 3 rings (SSSR count). The van der Waals surface area contributed by atoms with Gasteiger partial charge in [0.15, 0.2) is 9.84 Å². The van der Waals surface area contributed by atoms with E-state index in [4.69, 9.17) is 0 Å². The molecule has 0 aromatic carbocycles. The summed E-state index contributed by atoms with van der Waals surface area (Å²) >= 11 is 0. The van der Waals surface area contributed by atoms with E-state index in [0.717, 1.165) is 25.7 Å². The molecule has 0 aromatic heterocycles. The molecule has 3 nitrogen and oxygen atoms in total. The molecule has 0 bridgehead atoms. The Hall–Kier alpha value is -1.13. The number of aliphatic hydroxyl groups excluding tert-OH is 1. The van der Waals surface area contributed by atoms with Gasteiger partial charge in [-0.05, 0) is 115 Å². The molecular formula is C30H48O3S. The second-order valence-corrected chi connectivity index (χ2v) is 16.3. The molecule has 34 heavy (non-hydrogen) atoms. The quantitative estimate of drug-likeness (QED) is 0.412. The van der Waals surface area contributed by atoms with Crippen LogP contribution in [-0.2, 0) is 9.84 Å². The van der Waals surface area contributed by atoms with Gasteiger partial charge < -0.3 is 5.11 Å². The monoisotopic (exact) mass is 488 g/mol. The summed E-state index contributed by atoms with van der Waals surface area (Å²) in [6.45, 7) is 18.0. The summed E-state index contributed by atoms with van der Waals surface area (Å²) in [6.07, 6.45) is 17.0. The highest BCUT2D eigenvalue weighted by Gasteiger charge is 2.50. The van der Waals surface area contributed by atoms with E-state index in [-0.39, 0.29) is 11.5 Å². The minimum atomic E-state index is -3.30. The van der Waals surface area contributed by atoms with Crippen LogP contribution in [-0.4, -0.2) is 29.1 Å². The summed E-state index contributed by atoms with van der Waals surface area (Å²) in [5.74, 6) is 1.49. The highest BCUT2D eigenvalue weighted by Crippen LogP contribution is 2.59. The first kappa shape index (κ1) is 27.5. The number of hydrogen-bond donors (Lipinski definition) is 1. The Balaban J connectivity index is 1.79. The van der Waals surface area contributed by atoms with Crippen molar-refractivity contribution in [1.82, 2.24) is 0 Å². The van der Waals surface area contributed by atoms with Crippen LogP contribution in [0.25, 0.3) is 0 Å². The summed E-state index contributed by atoms with van der Waals surface area (Å²) in [5, 5.41) is 10.1. The zero-order valence-corrected chi connectivity index (χ0v) is 23.5. The number of hydrogen-bond acceptors (Lipinski definition) is 3. The Bertz CT molecular complexity index is 973. The molecule has 0 radical (unpaired) electrons. The van der Waals surface area contributed by atoms with Crippen LogP contribution in [0.1, 0.15) is 99.8 Å². The van der Waals surface area contributed by atoms with Crippen LogP contribution in [0.2, 0.25) is 0 Å². The molecule has 3 aliphatic carbocycles. The minimum absolute atomic E-state index is 0.235. The fourth-order valence-electron chi connectivity index (χ4n) is 6.93. The van der Waals surface area contributed by atoms with Gasteiger partial charge in [-0.15, -0.1) is 0 Å². The fourth-order valence-corrected chi connectivity index (χ4v) is 8.77. The molecule has 0 heterocycles. The molecule has 192 valence electrons. The van der Waals surface area contributed by atoms with E-state index in [0.29, 0.717) is 17.8 Å². The summed E-state index contributed by atoms with van der Waals surface area (Å²) in [7, 11) is -3.30. The Labute approximate surface area is 209 Å².